The zero-order chi connectivity index (χ0) is 18.6. The van der Waals surface area contributed by atoms with Gasteiger partial charge in [-0.2, -0.15) is 0 Å². The largest absolute Gasteiger partial charge is 0.373 e. The SMILES string of the molecule is NCc1ccc2c(c1)CCOC2CCN1CCN(c2ccc(Cl)cc2)CC1. The van der Waals surface area contributed by atoms with Gasteiger partial charge in [-0.05, 0) is 53.8 Å². The lowest BCUT2D eigenvalue weighted by atomic mass is 9.93. The van der Waals surface area contributed by atoms with E-state index in [9.17, 15) is 0 Å². The Morgan fingerprint density at radius 1 is 1.04 bits per heavy atom. The third-order valence-electron chi connectivity index (χ3n) is 5.75. The Bertz CT molecular complexity index is 757. The Morgan fingerprint density at radius 3 is 2.56 bits per heavy atom. The molecule has 0 aromatic heterocycles. The average molecular weight is 386 g/mol. The first-order valence-electron chi connectivity index (χ1n) is 9.89. The van der Waals surface area contributed by atoms with Crippen LogP contribution < -0.4 is 10.6 Å². The van der Waals surface area contributed by atoms with Gasteiger partial charge < -0.3 is 15.4 Å². The summed E-state index contributed by atoms with van der Waals surface area (Å²) in [4.78, 5) is 4.99. The molecule has 0 amide bonds. The molecule has 1 saturated heterocycles. The molecule has 144 valence electrons. The van der Waals surface area contributed by atoms with Gasteiger partial charge in [0.2, 0.25) is 0 Å². The van der Waals surface area contributed by atoms with E-state index in [4.69, 9.17) is 22.1 Å². The van der Waals surface area contributed by atoms with Gasteiger partial charge in [0.05, 0.1) is 12.7 Å². The number of benzene rings is 2. The van der Waals surface area contributed by atoms with Crippen LogP contribution in [0.2, 0.25) is 5.02 Å². The monoisotopic (exact) mass is 385 g/mol. The summed E-state index contributed by atoms with van der Waals surface area (Å²) in [7, 11) is 0. The van der Waals surface area contributed by atoms with Crippen LogP contribution in [0.4, 0.5) is 5.69 Å². The highest BCUT2D eigenvalue weighted by molar-refractivity contribution is 6.30. The van der Waals surface area contributed by atoms with E-state index in [-0.39, 0.29) is 6.10 Å². The fourth-order valence-electron chi connectivity index (χ4n) is 4.14. The van der Waals surface area contributed by atoms with E-state index in [1.54, 1.807) is 0 Å². The fraction of sp³-hybridized carbons (Fsp3) is 0.455. The van der Waals surface area contributed by atoms with E-state index in [1.807, 2.05) is 12.1 Å². The van der Waals surface area contributed by atoms with Crippen molar-refractivity contribution in [3.05, 3.63) is 64.2 Å². The van der Waals surface area contributed by atoms with Crippen LogP contribution in [-0.4, -0.2) is 44.2 Å². The number of hydrogen-bond donors (Lipinski definition) is 1. The van der Waals surface area contributed by atoms with Gasteiger partial charge in [-0.3, -0.25) is 4.90 Å². The zero-order valence-electron chi connectivity index (χ0n) is 15.7. The second kappa shape index (κ2) is 8.61. The van der Waals surface area contributed by atoms with Crippen LogP contribution in [0.25, 0.3) is 0 Å². The second-order valence-corrected chi connectivity index (χ2v) is 7.88. The molecule has 0 spiro atoms. The maximum atomic E-state index is 6.09. The number of hydrogen-bond acceptors (Lipinski definition) is 4. The van der Waals surface area contributed by atoms with Crippen LogP contribution in [-0.2, 0) is 17.7 Å². The fourth-order valence-corrected chi connectivity index (χ4v) is 4.26. The molecule has 4 nitrogen and oxygen atoms in total. The summed E-state index contributed by atoms with van der Waals surface area (Å²) in [5, 5.41) is 0.795. The van der Waals surface area contributed by atoms with Crippen molar-refractivity contribution >= 4 is 17.3 Å². The molecule has 1 atom stereocenters. The number of rotatable bonds is 5. The highest BCUT2D eigenvalue weighted by Gasteiger charge is 2.23. The molecule has 0 saturated carbocycles. The molecule has 0 aliphatic carbocycles. The summed E-state index contributed by atoms with van der Waals surface area (Å²) in [5.41, 5.74) is 11.0. The van der Waals surface area contributed by atoms with Crippen LogP contribution in [0.1, 0.15) is 29.2 Å². The normalized spacial score (nSPS) is 20.5. The Morgan fingerprint density at radius 2 is 1.81 bits per heavy atom. The number of piperazine rings is 1. The lowest BCUT2D eigenvalue weighted by molar-refractivity contribution is 0.0289. The molecule has 4 rings (SSSR count). The quantitative estimate of drug-likeness (QED) is 0.853. The van der Waals surface area contributed by atoms with Crippen molar-refractivity contribution in [1.29, 1.82) is 0 Å². The van der Waals surface area contributed by atoms with Crippen molar-refractivity contribution in [2.45, 2.75) is 25.5 Å². The van der Waals surface area contributed by atoms with Crippen molar-refractivity contribution in [3.63, 3.8) is 0 Å². The predicted molar refractivity (Wildman–Crippen MR) is 111 cm³/mol. The van der Waals surface area contributed by atoms with E-state index in [0.717, 1.165) is 57.2 Å². The van der Waals surface area contributed by atoms with Gasteiger partial charge in [-0.1, -0.05) is 29.8 Å². The summed E-state index contributed by atoms with van der Waals surface area (Å²) in [6.45, 7) is 6.81. The minimum absolute atomic E-state index is 0.217. The lowest BCUT2D eigenvalue weighted by Crippen LogP contribution is -2.46. The van der Waals surface area contributed by atoms with Crippen LogP contribution in [0, 0.1) is 0 Å². The van der Waals surface area contributed by atoms with Gasteiger partial charge >= 0.3 is 0 Å². The van der Waals surface area contributed by atoms with Crippen LogP contribution >= 0.6 is 11.6 Å². The topological polar surface area (TPSA) is 41.7 Å². The number of anilines is 1. The lowest BCUT2D eigenvalue weighted by Gasteiger charge is -2.37. The molecule has 2 aromatic carbocycles. The van der Waals surface area contributed by atoms with Crippen LogP contribution in [0.3, 0.4) is 0 Å². The van der Waals surface area contributed by atoms with Crippen LogP contribution in [0.15, 0.2) is 42.5 Å². The van der Waals surface area contributed by atoms with Crippen molar-refractivity contribution in [2.75, 3.05) is 44.2 Å². The maximum absolute atomic E-state index is 6.09. The Kier molecular flexibility index (Phi) is 5.98. The summed E-state index contributed by atoms with van der Waals surface area (Å²) >= 11 is 6.00. The molecule has 1 fully saturated rings. The van der Waals surface area contributed by atoms with Crippen LogP contribution in [0.5, 0.6) is 0 Å². The van der Waals surface area contributed by atoms with Gasteiger partial charge in [-0.25, -0.2) is 0 Å². The summed E-state index contributed by atoms with van der Waals surface area (Å²) in [5.74, 6) is 0. The molecule has 0 radical (unpaired) electrons. The average Bonchev–Trinajstić information content (AvgIpc) is 2.72. The smallest absolute Gasteiger partial charge is 0.0839 e. The standard InChI is InChI=1S/C22H28ClN3O/c23-19-2-4-20(5-3-19)26-12-10-25(11-13-26)9-7-22-21-6-1-17(16-24)15-18(21)8-14-27-22/h1-6,15,22H,7-14,16,24H2. The molecule has 5 heteroatoms. The van der Waals surface area contributed by atoms with E-state index in [1.165, 1.54) is 22.4 Å². The number of nitrogens with zero attached hydrogens (tertiary/aromatic N) is 2. The molecular weight excluding hydrogens is 358 g/mol. The first kappa shape index (κ1) is 18.8. The van der Waals surface area contributed by atoms with Crippen molar-refractivity contribution in [3.8, 4) is 0 Å². The Labute approximate surface area is 166 Å². The molecule has 2 N–H and O–H groups in total. The second-order valence-electron chi connectivity index (χ2n) is 7.44. The van der Waals surface area contributed by atoms with Gasteiger partial charge in [0.25, 0.3) is 0 Å². The number of ether oxygens (including phenoxy) is 1. The summed E-state index contributed by atoms with van der Waals surface area (Å²) in [6, 6.07) is 14.8. The minimum atomic E-state index is 0.217. The maximum Gasteiger partial charge on any atom is 0.0839 e. The first-order chi connectivity index (χ1) is 13.2. The van der Waals surface area contributed by atoms with E-state index in [2.05, 4.69) is 40.1 Å². The Hall–Kier alpha value is -1.59. The molecule has 2 aliphatic heterocycles. The van der Waals surface area contributed by atoms with E-state index >= 15 is 0 Å². The first-order valence-corrected chi connectivity index (χ1v) is 10.3. The van der Waals surface area contributed by atoms with Crippen molar-refractivity contribution < 1.29 is 4.74 Å². The van der Waals surface area contributed by atoms with Gasteiger partial charge in [0.15, 0.2) is 0 Å². The molecule has 27 heavy (non-hydrogen) atoms. The number of nitrogens with two attached hydrogens (primary N) is 1. The summed E-state index contributed by atoms with van der Waals surface area (Å²) < 4.78 is 6.09. The zero-order valence-corrected chi connectivity index (χ0v) is 16.5. The third-order valence-corrected chi connectivity index (χ3v) is 6.00. The molecule has 0 bridgehead atoms. The molecule has 2 heterocycles. The highest BCUT2D eigenvalue weighted by atomic mass is 35.5. The molecular formula is C22H28ClN3O. The highest BCUT2D eigenvalue weighted by Crippen LogP contribution is 2.30. The molecule has 2 aromatic rings. The van der Waals surface area contributed by atoms with Gasteiger partial charge in [0, 0.05) is 50.0 Å². The minimum Gasteiger partial charge on any atom is -0.373 e. The third kappa shape index (κ3) is 4.46. The van der Waals surface area contributed by atoms with Gasteiger partial charge in [-0.15, -0.1) is 0 Å². The van der Waals surface area contributed by atoms with Crippen molar-refractivity contribution in [1.82, 2.24) is 4.90 Å². The van der Waals surface area contributed by atoms with Crippen molar-refractivity contribution in [2.24, 2.45) is 5.73 Å². The predicted octanol–water partition coefficient (Wildman–Crippen LogP) is 3.62. The molecule has 1 unspecified atom stereocenters. The number of fused-ring (bicyclic) bond motifs is 1. The Balaban J connectivity index is 1.30. The van der Waals surface area contributed by atoms with E-state index < -0.39 is 0 Å². The summed E-state index contributed by atoms with van der Waals surface area (Å²) in [6.07, 6.45) is 2.27. The van der Waals surface area contributed by atoms with Gasteiger partial charge in [0.1, 0.15) is 0 Å². The molecule has 2 aliphatic rings. The van der Waals surface area contributed by atoms with E-state index in [0.29, 0.717) is 6.54 Å². The number of halogens is 1.